The van der Waals surface area contributed by atoms with E-state index in [1.807, 2.05) is 0 Å². The summed E-state index contributed by atoms with van der Waals surface area (Å²) in [5.41, 5.74) is -0.655. The molecule has 0 amide bonds. The Morgan fingerprint density at radius 2 is 1.63 bits per heavy atom. The van der Waals surface area contributed by atoms with Crippen molar-refractivity contribution in [3.05, 3.63) is 46.6 Å². The Morgan fingerprint density at radius 1 is 0.933 bits per heavy atom. The third kappa shape index (κ3) is 3.42. The molecule has 158 valence electrons. The van der Waals surface area contributed by atoms with E-state index in [0.717, 1.165) is 12.1 Å². The molecule has 10 heteroatoms. The number of aliphatic hydroxyl groups excluding tert-OH is 3. The van der Waals surface area contributed by atoms with E-state index in [0.29, 0.717) is 5.56 Å². The fourth-order valence-corrected chi connectivity index (χ4v) is 3.18. The zero-order chi connectivity index (χ0) is 21.6. The van der Waals surface area contributed by atoms with E-state index >= 15 is 0 Å². The Kier molecular flexibility index (Phi) is 5.00. The van der Waals surface area contributed by atoms with Crippen LogP contribution in [0.1, 0.15) is 0 Å². The molecule has 1 aliphatic rings. The van der Waals surface area contributed by atoms with Crippen LogP contribution < -0.4 is 10.2 Å². The average molecular weight is 418 g/mol. The highest BCUT2D eigenvalue weighted by Crippen LogP contribution is 2.37. The standard InChI is InChI=1S/C20H18O10/c21-9-3-1-8(2-4-9)18-19(30-20-17(27)15(25)12(24)7-28-20)16(26)14-11(23)5-10(22)6-13(14)29-18/h1-6,12,15,17,20-25,27H,7H2/t12-,15-,17+,20+/m1/s1. The van der Waals surface area contributed by atoms with Gasteiger partial charge >= 0.3 is 0 Å². The van der Waals surface area contributed by atoms with E-state index in [9.17, 15) is 35.4 Å². The van der Waals surface area contributed by atoms with Crippen molar-refractivity contribution in [3.63, 3.8) is 0 Å². The lowest BCUT2D eigenvalue weighted by atomic mass is 10.1. The van der Waals surface area contributed by atoms with Crippen LogP contribution in [0.15, 0.2) is 45.6 Å². The quantitative estimate of drug-likeness (QED) is 0.350. The summed E-state index contributed by atoms with van der Waals surface area (Å²) in [7, 11) is 0. The maximum atomic E-state index is 13.1. The van der Waals surface area contributed by atoms with Gasteiger partial charge in [0.2, 0.25) is 17.5 Å². The molecule has 0 saturated carbocycles. The molecular weight excluding hydrogens is 400 g/mol. The van der Waals surface area contributed by atoms with Crippen molar-refractivity contribution in [1.82, 2.24) is 0 Å². The van der Waals surface area contributed by atoms with Gasteiger partial charge in [0.05, 0.1) is 6.61 Å². The van der Waals surface area contributed by atoms with Crippen molar-refractivity contribution in [1.29, 1.82) is 0 Å². The number of ether oxygens (including phenoxy) is 2. The molecule has 3 aromatic rings. The van der Waals surface area contributed by atoms with Crippen LogP contribution in [0.2, 0.25) is 0 Å². The van der Waals surface area contributed by atoms with Crippen LogP contribution in [0.4, 0.5) is 0 Å². The summed E-state index contributed by atoms with van der Waals surface area (Å²) in [5.74, 6) is -1.50. The number of hydrogen-bond donors (Lipinski definition) is 6. The van der Waals surface area contributed by atoms with Crippen molar-refractivity contribution in [2.75, 3.05) is 6.61 Å². The number of phenolic OH excluding ortho intramolecular Hbond substituents is 3. The molecule has 0 spiro atoms. The van der Waals surface area contributed by atoms with Crippen molar-refractivity contribution in [3.8, 4) is 34.3 Å². The molecular formula is C20H18O10. The summed E-state index contributed by atoms with van der Waals surface area (Å²) in [4.78, 5) is 13.1. The molecule has 1 aliphatic heterocycles. The minimum Gasteiger partial charge on any atom is -0.508 e. The van der Waals surface area contributed by atoms with E-state index in [1.165, 1.54) is 24.3 Å². The Bertz CT molecular complexity index is 1140. The predicted octanol–water partition coefficient (Wildman–Crippen LogP) is 0.395. The molecule has 1 aromatic heterocycles. The summed E-state index contributed by atoms with van der Waals surface area (Å²) in [6.45, 7) is -0.352. The first kappa shape index (κ1) is 20.0. The second kappa shape index (κ2) is 7.50. The molecule has 0 aliphatic carbocycles. The van der Waals surface area contributed by atoms with Gasteiger partial charge in [-0.15, -0.1) is 0 Å². The normalized spacial score (nSPS) is 24.1. The second-order valence-electron chi connectivity index (χ2n) is 6.84. The lowest BCUT2D eigenvalue weighted by Gasteiger charge is -2.34. The largest absolute Gasteiger partial charge is 0.508 e. The van der Waals surface area contributed by atoms with Crippen LogP contribution in [-0.4, -0.2) is 61.8 Å². The monoisotopic (exact) mass is 418 g/mol. The van der Waals surface area contributed by atoms with E-state index in [4.69, 9.17) is 13.9 Å². The summed E-state index contributed by atoms with van der Waals surface area (Å²) in [6, 6.07) is 7.65. The van der Waals surface area contributed by atoms with Crippen molar-refractivity contribution in [2.45, 2.75) is 24.6 Å². The molecule has 2 heterocycles. The number of aromatic hydroxyl groups is 3. The maximum absolute atomic E-state index is 13.1. The second-order valence-corrected chi connectivity index (χ2v) is 6.84. The number of rotatable bonds is 3. The van der Waals surface area contributed by atoms with Crippen molar-refractivity contribution >= 4 is 11.0 Å². The smallest absolute Gasteiger partial charge is 0.239 e. The van der Waals surface area contributed by atoms with Gasteiger partial charge in [-0.05, 0) is 24.3 Å². The fourth-order valence-electron chi connectivity index (χ4n) is 3.18. The van der Waals surface area contributed by atoms with E-state index in [2.05, 4.69) is 0 Å². The van der Waals surface area contributed by atoms with Gasteiger partial charge in [-0.3, -0.25) is 4.79 Å². The van der Waals surface area contributed by atoms with E-state index < -0.39 is 41.5 Å². The molecule has 6 N–H and O–H groups in total. The Labute approximate surface area is 168 Å². The van der Waals surface area contributed by atoms with Crippen LogP contribution in [0.3, 0.4) is 0 Å². The lowest BCUT2D eigenvalue weighted by Crippen LogP contribution is -2.55. The van der Waals surface area contributed by atoms with Gasteiger partial charge in [-0.1, -0.05) is 0 Å². The average Bonchev–Trinajstić information content (AvgIpc) is 2.70. The number of phenols is 3. The molecule has 30 heavy (non-hydrogen) atoms. The molecule has 4 atom stereocenters. The Hall–Kier alpha value is -3.31. The van der Waals surface area contributed by atoms with E-state index in [1.54, 1.807) is 0 Å². The van der Waals surface area contributed by atoms with Gasteiger partial charge in [-0.2, -0.15) is 0 Å². The highest BCUT2D eigenvalue weighted by molar-refractivity contribution is 5.88. The predicted molar refractivity (Wildman–Crippen MR) is 101 cm³/mol. The molecule has 0 unspecified atom stereocenters. The minimum absolute atomic E-state index is 0.0391. The van der Waals surface area contributed by atoms with Crippen LogP contribution in [-0.2, 0) is 4.74 Å². The Morgan fingerprint density at radius 3 is 2.33 bits per heavy atom. The number of hydrogen-bond acceptors (Lipinski definition) is 10. The van der Waals surface area contributed by atoms with Gasteiger partial charge in [-0.25, -0.2) is 0 Å². The summed E-state index contributed by atoms with van der Waals surface area (Å²) in [6.07, 6.45) is -6.10. The Balaban J connectivity index is 1.90. The molecule has 1 fully saturated rings. The van der Waals surface area contributed by atoms with Crippen LogP contribution in [0.25, 0.3) is 22.3 Å². The molecule has 10 nitrogen and oxygen atoms in total. The maximum Gasteiger partial charge on any atom is 0.239 e. The number of aliphatic hydroxyl groups is 3. The zero-order valence-electron chi connectivity index (χ0n) is 15.3. The first-order chi connectivity index (χ1) is 14.3. The van der Waals surface area contributed by atoms with Crippen molar-refractivity contribution in [2.24, 2.45) is 0 Å². The summed E-state index contributed by atoms with van der Waals surface area (Å²) in [5, 5.41) is 58.7. The summed E-state index contributed by atoms with van der Waals surface area (Å²) >= 11 is 0. The van der Waals surface area contributed by atoms with Crippen LogP contribution >= 0.6 is 0 Å². The topological polar surface area (TPSA) is 170 Å². The zero-order valence-corrected chi connectivity index (χ0v) is 15.3. The lowest BCUT2D eigenvalue weighted by molar-refractivity contribution is -0.242. The van der Waals surface area contributed by atoms with Gasteiger partial charge in [0.15, 0.2) is 5.76 Å². The van der Waals surface area contributed by atoms with Crippen LogP contribution in [0, 0.1) is 0 Å². The van der Waals surface area contributed by atoms with Gasteiger partial charge in [0.25, 0.3) is 0 Å². The molecule has 4 rings (SSSR count). The van der Waals surface area contributed by atoms with Gasteiger partial charge in [0.1, 0.15) is 46.5 Å². The number of fused-ring (bicyclic) bond motifs is 1. The molecule has 2 aromatic carbocycles. The highest BCUT2D eigenvalue weighted by Gasteiger charge is 2.40. The molecule has 1 saturated heterocycles. The van der Waals surface area contributed by atoms with E-state index in [-0.39, 0.29) is 34.8 Å². The first-order valence-electron chi connectivity index (χ1n) is 8.91. The summed E-state index contributed by atoms with van der Waals surface area (Å²) < 4.78 is 16.4. The SMILES string of the molecule is O=c1c(O[C@@H]2OC[C@@H](O)[C@@H](O)[C@@H]2O)c(-c2ccc(O)cc2)oc2cc(O)cc(O)c12. The van der Waals surface area contributed by atoms with Gasteiger partial charge < -0.3 is 44.5 Å². The fraction of sp³-hybridized carbons (Fsp3) is 0.250. The third-order valence-electron chi connectivity index (χ3n) is 4.74. The number of benzene rings is 2. The molecule has 0 bridgehead atoms. The van der Waals surface area contributed by atoms with Crippen LogP contribution in [0.5, 0.6) is 23.0 Å². The third-order valence-corrected chi connectivity index (χ3v) is 4.74. The first-order valence-corrected chi connectivity index (χ1v) is 8.91. The van der Waals surface area contributed by atoms with Gasteiger partial charge in [0, 0.05) is 17.7 Å². The van der Waals surface area contributed by atoms with Crippen molar-refractivity contribution < 1.29 is 44.5 Å². The highest BCUT2D eigenvalue weighted by atomic mass is 16.7. The molecule has 0 radical (unpaired) electrons. The minimum atomic E-state index is -1.68.